The lowest BCUT2D eigenvalue weighted by Crippen LogP contribution is -2.24. The molecule has 0 aliphatic carbocycles. The first kappa shape index (κ1) is 13.6. The minimum Gasteiger partial charge on any atom is -0.494 e. The lowest BCUT2D eigenvalue weighted by molar-refractivity contribution is -0.113. The van der Waals surface area contributed by atoms with Crippen LogP contribution in [0.5, 0.6) is 17.2 Å². The van der Waals surface area contributed by atoms with Crippen LogP contribution in [0.2, 0.25) is 0 Å². The van der Waals surface area contributed by atoms with Crippen LogP contribution in [0.3, 0.4) is 0 Å². The van der Waals surface area contributed by atoms with Gasteiger partial charge >= 0.3 is 5.91 Å². The largest absolute Gasteiger partial charge is 0.494 e. The van der Waals surface area contributed by atoms with E-state index in [0.717, 1.165) is 0 Å². The molecule has 0 saturated heterocycles. The maximum Gasteiger partial charge on any atom is 0.329 e. The Bertz CT molecular complexity index is 494. The molecule has 0 spiro atoms. The number of amides is 1. The molecular weight excluding hydrogens is 236 g/mol. The zero-order valence-electron chi connectivity index (χ0n) is 10.7. The molecule has 0 bridgehead atoms. The Balaban J connectivity index is 3.34. The van der Waals surface area contributed by atoms with E-state index >= 15 is 0 Å². The first-order valence-corrected chi connectivity index (χ1v) is 5.06. The van der Waals surface area contributed by atoms with Gasteiger partial charge in [0, 0.05) is 19.2 Å². The minimum absolute atomic E-state index is 0.416. The summed E-state index contributed by atoms with van der Waals surface area (Å²) in [6.07, 6.45) is 0. The fourth-order valence-electron chi connectivity index (χ4n) is 1.46. The van der Waals surface area contributed by atoms with E-state index in [2.05, 4.69) is 0 Å². The third-order valence-electron chi connectivity index (χ3n) is 2.45. The molecule has 0 heterocycles. The molecule has 0 aliphatic heterocycles. The molecule has 18 heavy (non-hydrogen) atoms. The second-order valence-corrected chi connectivity index (χ2v) is 3.36. The van der Waals surface area contributed by atoms with E-state index in [9.17, 15) is 4.79 Å². The Morgan fingerprint density at radius 3 is 2.06 bits per heavy atom. The number of carbonyl (C=O) groups excluding carboxylic acids is 1. The normalized spacial score (nSPS) is 9.28. The summed E-state index contributed by atoms with van der Waals surface area (Å²) >= 11 is 0. The highest BCUT2D eigenvalue weighted by atomic mass is 16.5. The first-order valence-electron chi connectivity index (χ1n) is 5.06. The highest BCUT2D eigenvalue weighted by Crippen LogP contribution is 2.39. The lowest BCUT2D eigenvalue weighted by Gasteiger charge is -2.19. The van der Waals surface area contributed by atoms with Gasteiger partial charge in [-0.2, -0.15) is 5.26 Å². The quantitative estimate of drug-likeness (QED) is 0.751. The van der Waals surface area contributed by atoms with Crippen molar-refractivity contribution in [3.8, 4) is 23.3 Å². The van der Waals surface area contributed by atoms with Gasteiger partial charge in [-0.25, -0.2) is 0 Å². The average molecular weight is 250 g/mol. The predicted molar refractivity (Wildman–Crippen MR) is 65.1 cm³/mol. The third kappa shape index (κ3) is 2.46. The maximum absolute atomic E-state index is 11.4. The van der Waals surface area contributed by atoms with Crippen molar-refractivity contribution in [1.82, 2.24) is 0 Å². The number of nitriles is 1. The van der Waals surface area contributed by atoms with Crippen molar-refractivity contribution in [3.63, 3.8) is 0 Å². The molecule has 1 aromatic rings. The van der Waals surface area contributed by atoms with Gasteiger partial charge in [0.25, 0.3) is 0 Å². The van der Waals surface area contributed by atoms with Gasteiger partial charge in [-0.15, -0.1) is 0 Å². The van der Waals surface area contributed by atoms with Crippen LogP contribution in [0.4, 0.5) is 5.69 Å². The molecule has 6 nitrogen and oxygen atoms in total. The Morgan fingerprint density at radius 1 is 1.11 bits per heavy atom. The van der Waals surface area contributed by atoms with E-state index in [0.29, 0.717) is 22.9 Å². The average Bonchev–Trinajstić information content (AvgIpc) is 2.43. The molecule has 0 atom stereocenters. The summed E-state index contributed by atoms with van der Waals surface area (Å²) in [6, 6.07) is 4.71. The zero-order chi connectivity index (χ0) is 13.7. The Kier molecular flexibility index (Phi) is 4.38. The Morgan fingerprint density at radius 2 is 1.61 bits per heavy atom. The van der Waals surface area contributed by atoms with Crippen molar-refractivity contribution in [2.45, 2.75) is 0 Å². The molecule has 0 aromatic heterocycles. The van der Waals surface area contributed by atoms with Crippen molar-refractivity contribution in [3.05, 3.63) is 12.1 Å². The minimum atomic E-state index is -0.694. The predicted octanol–water partition coefficient (Wildman–Crippen LogP) is 1.20. The molecule has 0 N–H and O–H groups in total. The van der Waals surface area contributed by atoms with Crippen molar-refractivity contribution in [2.75, 3.05) is 33.3 Å². The fourth-order valence-corrected chi connectivity index (χ4v) is 1.46. The number of nitrogens with zero attached hydrogens (tertiary/aromatic N) is 2. The van der Waals surface area contributed by atoms with Gasteiger partial charge in [0.2, 0.25) is 0 Å². The van der Waals surface area contributed by atoms with Crippen LogP contribution >= 0.6 is 0 Å². The number of hydrogen-bond acceptors (Lipinski definition) is 5. The lowest BCUT2D eigenvalue weighted by atomic mass is 10.2. The SMILES string of the molecule is COc1cc(OC)c(N(C)C(=O)C#N)cc1OC. The summed E-state index contributed by atoms with van der Waals surface area (Å²) < 4.78 is 15.4. The van der Waals surface area contributed by atoms with Crippen LogP contribution in [-0.4, -0.2) is 34.3 Å². The molecule has 6 heteroatoms. The third-order valence-corrected chi connectivity index (χ3v) is 2.45. The number of rotatable bonds is 4. The van der Waals surface area contributed by atoms with Crippen molar-refractivity contribution >= 4 is 11.6 Å². The van der Waals surface area contributed by atoms with Gasteiger partial charge in [0.05, 0.1) is 27.0 Å². The molecule has 0 fully saturated rings. The summed E-state index contributed by atoms with van der Waals surface area (Å²) in [5.74, 6) is 0.654. The molecule has 96 valence electrons. The van der Waals surface area contributed by atoms with Crippen LogP contribution < -0.4 is 19.1 Å². The zero-order valence-corrected chi connectivity index (χ0v) is 10.7. The van der Waals surface area contributed by atoms with Crippen LogP contribution in [0, 0.1) is 11.3 Å². The number of carbonyl (C=O) groups is 1. The highest BCUT2D eigenvalue weighted by Gasteiger charge is 2.18. The maximum atomic E-state index is 11.4. The molecule has 0 unspecified atom stereocenters. The first-order chi connectivity index (χ1) is 8.58. The van der Waals surface area contributed by atoms with Crippen LogP contribution in [0.1, 0.15) is 0 Å². The molecule has 1 aromatic carbocycles. The van der Waals surface area contributed by atoms with Gasteiger partial charge in [0.1, 0.15) is 5.75 Å². The Labute approximate surface area is 105 Å². The summed E-state index contributed by atoms with van der Waals surface area (Å²) in [6.45, 7) is 0. The van der Waals surface area contributed by atoms with Crippen LogP contribution in [0.25, 0.3) is 0 Å². The van der Waals surface area contributed by atoms with Crippen molar-refractivity contribution < 1.29 is 19.0 Å². The Hall–Kier alpha value is -2.42. The van der Waals surface area contributed by atoms with Crippen LogP contribution in [-0.2, 0) is 4.79 Å². The summed E-state index contributed by atoms with van der Waals surface area (Å²) in [5.41, 5.74) is 0.432. The summed E-state index contributed by atoms with van der Waals surface area (Å²) in [7, 11) is 5.94. The molecule has 0 radical (unpaired) electrons. The van der Waals surface area contributed by atoms with Crippen molar-refractivity contribution in [1.29, 1.82) is 5.26 Å². The van der Waals surface area contributed by atoms with E-state index in [1.165, 1.54) is 39.3 Å². The topological polar surface area (TPSA) is 71.8 Å². The van der Waals surface area contributed by atoms with Gasteiger partial charge in [0.15, 0.2) is 17.6 Å². The molecule has 1 amide bonds. The van der Waals surface area contributed by atoms with E-state index in [1.807, 2.05) is 0 Å². The second-order valence-electron chi connectivity index (χ2n) is 3.36. The van der Waals surface area contributed by atoms with Gasteiger partial charge in [-0.1, -0.05) is 0 Å². The fraction of sp³-hybridized carbons (Fsp3) is 0.333. The highest BCUT2D eigenvalue weighted by molar-refractivity contribution is 6.05. The van der Waals surface area contributed by atoms with E-state index in [1.54, 1.807) is 12.1 Å². The number of hydrogen-bond donors (Lipinski definition) is 0. The molecule has 0 aliphatic rings. The van der Waals surface area contributed by atoms with E-state index in [4.69, 9.17) is 19.5 Å². The van der Waals surface area contributed by atoms with E-state index < -0.39 is 5.91 Å². The summed E-state index contributed by atoms with van der Waals surface area (Å²) in [5, 5.41) is 8.62. The van der Waals surface area contributed by atoms with Gasteiger partial charge in [-0.05, 0) is 0 Å². The summed E-state index contributed by atoms with van der Waals surface area (Å²) in [4.78, 5) is 12.6. The number of anilines is 1. The van der Waals surface area contributed by atoms with Crippen LogP contribution in [0.15, 0.2) is 12.1 Å². The van der Waals surface area contributed by atoms with Crippen molar-refractivity contribution in [2.24, 2.45) is 0 Å². The number of ether oxygens (including phenoxy) is 3. The number of methoxy groups -OCH3 is 3. The van der Waals surface area contributed by atoms with Gasteiger partial charge < -0.3 is 14.2 Å². The second kappa shape index (κ2) is 5.77. The van der Waals surface area contributed by atoms with E-state index in [-0.39, 0.29) is 0 Å². The number of benzene rings is 1. The van der Waals surface area contributed by atoms with Gasteiger partial charge in [-0.3, -0.25) is 9.69 Å². The standard InChI is InChI=1S/C12H14N2O4/c1-14(12(15)7-13)8-5-10(17-3)11(18-4)6-9(8)16-2/h5-6H,1-4H3. The molecular formula is C12H14N2O4. The molecule has 1 rings (SSSR count). The molecule has 0 saturated carbocycles. The monoisotopic (exact) mass is 250 g/mol. The smallest absolute Gasteiger partial charge is 0.329 e.